The molecule has 1 aliphatic rings. The minimum absolute atomic E-state index is 0.0203. The second-order valence-electron chi connectivity index (χ2n) is 8.11. The maximum absolute atomic E-state index is 14.5. The smallest absolute Gasteiger partial charge is 0.382 e. The summed E-state index contributed by atoms with van der Waals surface area (Å²) in [6.07, 6.45) is -3.78. The van der Waals surface area contributed by atoms with Gasteiger partial charge in [0.2, 0.25) is 0 Å². The van der Waals surface area contributed by atoms with Gasteiger partial charge in [-0.2, -0.15) is 13.2 Å². The van der Waals surface area contributed by atoms with Gasteiger partial charge >= 0.3 is 6.18 Å². The number of benzene rings is 2. The molecule has 2 aromatic rings. The zero-order valence-corrected chi connectivity index (χ0v) is 19.9. The van der Waals surface area contributed by atoms with Crippen molar-refractivity contribution in [3.05, 3.63) is 82.6 Å². The molecule has 1 atom stereocenters. The van der Waals surface area contributed by atoms with E-state index in [1.54, 1.807) is 0 Å². The molecule has 1 unspecified atom stereocenters. The van der Waals surface area contributed by atoms with Gasteiger partial charge in [0.25, 0.3) is 0 Å². The SMILES string of the molecule is C=C(NC1=NC(c2ccccc2C(F)(F)F)NC(CC)=C1CC)c1cc(F)cc(F)c1NCCC. The second-order valence-corrected chi connectivity index (χ2v) is 8.11. The number of nitrogens with one attached hydrogen (secondary N) is 3. The summed E-state index contributed by atoms with van der Waals surface area (Å²) in [5, 5.41) is 9.11. The van der Waals surface area contributed by atoms with Crippen molar-refractivity contribution in [2.45, 2.75) is 52.4 Å². The van der Waals surface area contributed by atoms with Crippen molar-refractivity contribution in [1.29, 1.82) is 0 Å². The van der Waals surface area contributed by atoms with Crippen LogP contribution < -0.4 is 16.0 Å². The van der Waals surface area contributed by atoms with Crippen molar-refractivity contribution < 1.29 is 22.0 Å². The second kappa shape index (κ2) is 10.9. The average Bonchev–Trinajstić information content (AvgIpc) is 2.82. The fourth-order valence-corrected chi connectivity index (χ4v) is 4.03. The molecule has 0 radical (unpaired) electrons. The number of nitrogens with zero attached hydrogens (tertiary/aromatic N) is 1. The number of alkyl halides is 3. The summed E-state index contributed by atoms with van der Waals surface area (Å²) in [4.78, 5) is 4.55. The zero-order valence-electron chi connectivity index (χ0n) is 19.9. The summed E-state index contributed by atoms with van der Waals surface area (Å²) in [6, 6.07) is 7.20. The van der Waals surface area contributed by atoms with Crippen LogP contribution in [0.5, 0.6) is 0 Å². The van der Waals surface area contributed by atoms with E-state index >= 15 is 0 Å². The molecule has 9 heteroatoms. The highest BCUT2D eigenvalue weighted by Crippen LogP contribution is 2.37. The normalized spacial score (nSPS) is 16.0. The predicted molar refractivity (Wildman–Crippen MR) is 130 cm³/mol. The molecule has 2 aromatic carbocycles. The molecule has 0 bridgehead atoms. The van der Waals surface area contributed by atoms with Crippen molar-refractivity contribution >= 4 is 17.2 Å². The van der Waals surface area contributed by atoms with Crippen LogP contribution in [0.3, 0.4) is 0 Å². The van der Waals surface area contributed by atoms with Crippen molar-refractivity contribution in [3.8, 4) is 0 Å². The molecule has 3 N–H and O–H groups in total. The number of allylic oxidation sites excluding steroid dienone is 1. The van der Waals surface area contributed by atoms with Crippen LogP contribution in [-0.2, 0) is 6.18 Å². The lowest BCUT2D eigenvalue weighted by Crippen LogP contribution is -2.35. The largest absolute Gasteiger partial charge is 0.416 e. The third kappa shape index (κ3) is 5.83. The first-order chi connectivity index (χ1) is 16.6. The Balaban J connectivity index is 2.05. The van der Waals surface area contributed by atoms with E-state index in [0.717, 1.165) is 35.9 Å². The van der Waals surface area contributed by atoms with Gasteiger partial charge in [-0.15, -0.1) is 0 Å². The fraction of sp³-hybridized carbons (Fsp3) is 0.346. The highest BCUT2D eigenvalue weighted by molar-refractivity contribution is 6.04. The van der Waals surface area contributed by atoms with Crippen LogP contribution in [0.25, 0.3) is 5.70 Å². The molecule has 3 rings (SSSR count). The van der Waals surface area contributed by atoms with Gasteiger partial charge in [-0.05, 0) is 31.4 Å². The first-order valence-electron chi connectivity index (χ1n) is 11.5. The summed E-state index contributed by atoms with van der Waals surface area (Å²) < 4.78 is 69.7. The van der Waals surface area contributed by atoms with E-state index in [0.29, 0.717) is 25.2 Å². The molecule has 0 spiro atoms. The van der Waals surface area contributed by atoms with Crippen LogP contribution in [0, 0.1) is 11.6 Å². The van der Waals surface area contributed by atoms with Crippen LogP contribution in [0.4, 0.5) is 27.6 Å². The lowest BCUT2D eigenvalue weighted by Gasteiger charge is -2.30. The molecule has 35 heavy (non-hydrogen) atoms. The van der Waals surface area contributed by atoms with Crippen LogP contribution in [0.2, 0.25) is 0 Å². The van der Waals surface area contributed by atoms with E-state index in [1.165, 1.54) is 18.2 Å². The molecular formula is C26H29F5N4. The molecule has 188 valence electrons. The van der Waals surface area contributed by atoms with E-state index < -0.39 is 29.5 Å². The minimum Gasteiger partial charge on any atom is -0.382 e. The molecule has 0 fully saturated rings. The maximum Gasteiger partial charge on any atom is 0.416 e. The highest BCUT2D eigenvalue weighted by Gasteiger charge is 2.36. The molecule has 0 saturated carbocycles. The lowest BCUT2D eigenvalue weighted by atomic mass is 10.00. The topological polar surface area (TPSA) is 48.5 Å². The third-order valence-corrected chi connectivity index (χ3v) is 5.69. The first kappa shape index (κ1) is 26.2. The van der Waals surface area contributed by atoms with Crippen molar-refractivity contribution in [2.75, 3.05) is 11.9 Å². The number of aliphatic imine (C=N–C) groups is 1. The Morgan fingerprint density at radius 1 is 1.09 bits per heavy atom. The quantitative estimate of drug-likeness (QED) is 0.343. The summed E-state index contributed by atoms with van der Waals surface area (Å²) >= 11 is 0. The number of anilines is 1. The van der Waals surface area contributed by atoms with E-state index in [1.807, 2.05) is 20.8 Å². The monoisotopic (exact) mass is 492 g/mol. The standard InChI is InChI=1S/C26H29F5N4/c1-5-12-32-23-19(13-16(27)14-21(23)28)15(4)33-24-17(6-2)22(7-3)34-25(35-24)18-10-8-9-11-20(18)26(29,30)31/h8-11,13-14,25,32,34H,4-7,12H2,1-3H3,(H,33,35). The van der Waals surface area contributed by atoms with Crippen molar-refractivity contribution in [3.63, 3.8) is 0 Å². The number of hydrogen-bond donors (Lipinski definition) is 3. The van der Waals surface area contributed by atoms with Gasteiger partial charge in [-0.1, -0.05) is 45.5 Å². The van der Waals surface area contributed by atoms with Crippen LogP contribution in [0.1, 0.15) is 62.9 Å². The minimum atomic E-state index is -4.55. The van der Waals surface area contributed by atoms with E-state index in [-0.39, 0.29) is 22.5 Å². The summed E-state index contributed by atoms with van der Waals surface area (Å²) in [7, 11) is 0. The van der Waals surface area contributed by atoms with E-state index in [4.69, 9.17) is 0 Å². The van der Waals surface area contributed by atoms with Gasteiger partial charge in [0.05, 0.1) is 11.3 Å². The zero-order chi connectivity index (χ0) is 25.8. The van der Waals surface area contributed by atoms with Gasteiger partial charge in [0.1, 0.15) is 23.6 Å². The number of amidine groups is 1. The summed E-state index contributed by atoms with van der Waals surface area (Å²) in [5.74, 6) is -1.23. The number of hydrogen-bond acceptors (Lipinski definition) is 4. The van der Waals surface area contributed by atoms with Crippen LogP contribution in [0.15, 0.2) is 59.2 Å². The molecule has 1 aliphatic heterocycles. The molecule has 0 amide bonds. The molecule has 1 heterocycles. The Morgan fingerprint density at radius 2 is 1.80 bits per heavy atom. The van der Waals surface area contributed by atoms with E-state index in [2.05, 4.69) is 27.5 Å². The van der Waals surface area contributed by atoms with Gasteiger partial charge in [0, 0.05) is 40.7 Å². The number of rotatable bonds is 8. The highest BCUT2D eigenvalue weighted by atomic mass is 19.4. The van der Waals surface area contributed by atoms with Gasteiger partial charge in [-0.3, -0.25) is 0 Å². The van der Waals surface area contributed by atoms with Crippen molar-refractivity contribution in [2.24, 2.45) is 4.99 Å². The Hall–Kier alpha value is -3.36. The number of halogens is 5. The Bertz CT molecular complexity index is 1150. The molecule has 0 saturated heterocycles. The van der Waals surface area contributed by atoms with E-state index in [9.17, 15) is 22.0 Å². The summed E-state index contributed by atoms with van der Waals surface area (Å²) in [6.45, 7) is 10.1. The third-order valence-electron chi connectivity index (χ3n) is 5.69. The van der Waals surface area contributed by atoms with Crippen molar-refractivity contribution in [1.82, 2.24) is 10.6 Å². The van der Waals surface area contributed by atoms with Gasteiger partial charge in [-0.25, -0.2) is 13.8 Å². The molecule has 0 aromatic heterocycles. The Morgan fingerprint density at radius 3 is 2.43 bits per heavy atom. The van der Waals surface area contributed by atoms with Crippen LogP contribution in [-0.4, -0.2) is 12.4 Å². The fourth-order valence-electron chi connectivity index (χ4n) is 4.03. The van der Waals surface area contributed by atoms with Gasteiger partial charge in [0.15, 0.2) is 0 Å². The Labute approximate surface area is 202 Å². The van der Waals surface area contributed by atoms with Gasteiger partial charge < -0.3 is 16.0 Å². The average molecular weight is 493 g/mol. The molecule has 4 nitrogen and oxygen atoms in total. The van der Waals surface area contributed by atoms with Crippen LogP contribution >= 0.6 is 0 Å². The maximum atomic E-state index is 14.5. The summed E-state index contributed by atoms with van der Waals surface area (Å²) in [5.41, 5.74) is 1.13. The first-order valence-corrected chi connectivity index (χ1v) is 11.5. The Kier molecular flexibility index (Phi) is 8.19. The molecular weight excluding hydrogens is 463 g/mol. The lowest BCUT2D eigenvalue weighted by molar-refractivity contribution is -0.138. The molecule has 0 aliphatic carbocycles. The predicted octanol–water partition coefficient (Wildman–Crippen LogP) is 7.14.